The zero-order valence-electron chi connectivity index (χ0n) is 19.2. The van der Waals surface area contributed by atoms with Gasteiger partial charge < -0.3 is 15.4 Å². The highest BCUT2D eigenvalue weighted by atomic mass is 19.2. The molecule has 0 radical (unpaired) electrons. The Morgan fingerprint density at radius 2 is 1.91 bits per heavy atom. The molecule has 2 N–H and O–H groups in total. The minimum absolute atomic E-state index is 0.193. The first kappa shape index (κ1) is 23.8. The number of pyridine rings is 1. The fourth-order valence-electron chi connectivity index (χ4n) is 4.33. The molecule has 0 aliphatic carbocycles. The number of anilines is 1. The fraction of sp³-hybridized carbons (Fsp3) is 0.308. The summed E-state index contributed by atoms with van der Waals surface area (Å²) < 4.78 is 32.6. The fourth-order valence-corrected chi connectivity index (χ4v) is 4.33. The lowest BCUT2D eigenvalue weighted by molar-refractivity contribution is 0.159. The number of nitrogens with one attached hydrogen (secondary N) is 2. The van der Waals surface area contributed by atoms with Crippen molar-refractivity contribution in [3.63, 3.8) is 0 Å². The third-order valence-corrected chi connectivity index (χ3v) is 6.02. The van der Waals surface area contributed by atoms with Gasteiger partial charge in [0.15, 0.2) is 11.6 Å². The normalized spacial score (nSPS) is 18.1. The molecule has 2 unspecified atom stereocenters. The van der Waals surface area contributed by atoms with Crippen LogP contribution in [0.25, 0.3) is 11.3 Å². The molecule has 1 aromatic heterocycles. The maximum absolute atomic E-state index is 13.9. The van der Waals surface area contributed by atoms with Gasteiger partial charge in [-0.2, -0.15) is 0 Å². The molecule has 6 nitrogen and oxygen atoms in total. The van der Waals surface area contributed by atoms with E-state index in [2.05, 4.69) is 20.5 Å². The van der Waals surface area contributed by atoms with Crippen LogP contribution in [0, 0.1) is 18.6 Å². The Morgan fingerprint density at radius 1 is 1.12 bits per heavy atom. The van der Waals surface area contributed by atoms with Crippen molar-refractivity contribution in [2.24, 2.45) is 0 Å². The van der Waals surface area contributed by atoms with Gasteiger partial charge in [0.2, 0.25) is 0 Å². The summed E-state index contributed by atoms with van der Waals surface area (Å²) in [6.45, 7) is 4.29. The first-order chi connectivity index (χ1) is 16.4. The van der Waals surface area contributed by atoms with E-state index in [1.54, 1.807) is 19.4 Å². The number of urea groups is 1. The number of methoxy groups -OCH3 is 1. The van der Waals surface area contributed by atoms with Gasteiger partial charge in [0, 0.05) is 44.4 Å². The lowest BCUT2D eigenvalue weighted by Gasteiger charge is -2.21. The average molecular weight is 467 g/mol. The lowest BCUT2D eigenvalue weighted by Crippen LogP contribution is -2.42. The summed E-state index contributed by atoms with van der Waals surface area (Å²) in [5.41, 5.74) is 3.73. The number of rotatable bonds is 7. The molecule has 2 atom stereocenters. The molecule has 3 aromatic rings. The van der Waals surface area contributed by atoms with Crippen molar-refractivity contribution in [3.8, 4) is 11.3 Å². The van der Waals surface area contributed by atoms with Crippen LogP contribution >= 0.6 is 0 Å². The molecule has 0 saturated carbocycles. The molecule has 8 heteroatoms. The van der Waals surface area contributed by atoms with Gasteiger partial charge in [-0.1, -0.05) is 36.4 Å². The molecule has 2 amide bonds. The highest BCUT2D eigenvalue weighted by Crippen LogP contribution is 2.30. The minimum Gasteiger partial charge on any atom is -0.383 e. The third kappa shape index (κ3) is 5.58. The lowest BCUT2D eigenvalue weighted by atomic mass is 9.94. The molecule has 178 valence electrons. The van der Waals surface area contributed by atoms with E-state index in [9.17, 15) is 13.6 Å². The molecule has 0 bridgehead atoms. The number of benzene rings is 2. The second kappa shape index (κ2) is 10.7. The van der Waals surface area contributed by atoms with Crippen LogP contribution in [0.5, 0.6) is 0 Å². The van der Waals surface area contributed by atoms with Gasteiger partial charge in [-0.3, -0.25) is 9.88 Å². The summed E-state index contributed by atoms with van der Waals surface area (Å²) in [5, 5.41) is 5.98. The number of likely N-dealkylation sites (tertiary alicyclic amines) is 1. The van der Waals surface area contributed by atoms with Gasteiger partial charge in [0.25, 0.3) is 0 Å². The molecule has 0 spiro atoms. The number of nitrogens with zero attached hydrogens (tertiary/aromatic N) is 2. The zero-order chi connectivity index (χ0) is 24.1. The quantitative estimate of drug-likeness (QED) is 0.535. The van der Waals surface area contributed by atoms with Crippen LogP contribution in [0.15, 0.2) is 60.8 Å². The maximum atomic E-state index is 13.9. The number of ether oxygens (including phenoxy) is 1. The van der Waals surface area contributed by atoms with Crippen molar-refractivity contribution in [3.05, 3.63) is 83.6 Å². The maximum Gasteiger partial charge on any atom is 0.319 e. The van der Waals surface area contributed by atoms with E-state index in [0.717, 1.165) is 17.2 Å². The minimum atomic E-state index is -0.894. The van der Waals surface area contributed by atoms with Crippen molar-refractivity contribution in [1.29, 1.82) is 0 Å². The predicted molar refractivity (Wildman–Crippen MR) is 128 cm³/mol. The van der Waals surface area contributed by atoms with Crippen LogP contribution in [0.1, 0.15) is 17.0 Å². The van der Waals surface area contributed by atoms with Gasteiger partial charge in [-0.25, -0.2) is 13.6 Å². The Labute approximate surface area is 198 Å². The monoisotopic (exact) mass is 466 g/mol. The summed E-state index contributed by atoms with van der Waals surface area (Å²) in [7, 11) is 1.63. The van der Waals surface area contributed by atoms with E-state index in [0.29, 0.717) is 43.2 Å². The molecule has 1 aliphatic heterocycles. The molecule has 2 aromatic carbocycles. The van der Waals surface area contributed by atoms with E-state index >= 15 is 0 Å². The number of hydrogen-bond acceptors (Lipinski definition) is 4. The van der Waals surface area contributed by atoms with Crippen molar-refractivity contribution < 1.29 is 18.3 Å². The van der Waals surface area contributed by atoms with Gasteiger partial charge in [-0.15, -0.1) is 0 Å². The van der Waals surface area contributed by atoms with Crippen LogP contribution in [-0.4, -0.2) is 55.3 Å². The van der Waals surface area contributed by atoms with Gasteiger partial charge in [-0.05, 0) is 36.2 Å². The van der Waals surface area contributed by atoms with Gasteiger partial charge >= 0.3 is 6.03 Å². The molecular weight excluding hydrogens is 438 g/mol. The standard InChI is InChI=1S/C26H28F2N4O2/c1-17-12-23(25(29-14-17)18-6-4-3-5-7-18)30-26(33)31-24-16-32(10-11-34-2)15-20(24)19-8-9-21(27)22(28)13-19/h3-9,12-14,20,24H,10-11,15-16H2,1-2H3,(H2,30,31,33). The molecule has 4 rings (SSSR count). The Balaban J connectivity index is 1.53. The van der Waals surface area contributed by atoms with Crippen LogP contribution in [0.4, 0.5) is 19.3 Å². The second-order valence-electron chi connectivity index (χ2n) is 8.51. The van der Waals surface area contributed by atoms with Crippen molar-refractivity contribution >= 4 is 11.7 Å². The number of carbonyl (C=O) groups is 1. The largest absolute Gasteiger partial charge is 0.383 e. The third-order valence-electron chi connectivity index (χ3n) is 6.02. The SMILES string of the molecule is COCCN1CC(NC(=O)Nc2cc(C)cnc2-c2ccccc2)C(c2ccc(F)c(F)c2)C1. The Morgan fingerprint density at radius 3 is 2.65 bits per heavy atom. The molecular formula is C26H28F2N4O2. The Bertz CT molecular complexity index is 1140. The first-order valence-corrected chi connectivity index (χ1v) is 11.2. The first-order valence-electron chi connectivity index (χ1n) is 11.2. The predicted octanol–water partition coefficient (Wildman–Crippen LogP) is 4.57. The number of amides is 2. The summed E-state index contributed by atoms with van der Waals surface area (Å²) in [6.07, 6.45) is 1.76. The van der Waals surface area contributed by atoms with E-state index in [1.807, 2.05) is 43.3 Å². The topological polar surface area (TPSA) is 66.5 Å². The van der Waals surface area contributed by atoms with Crippen molar-refractivity contribution in [2.45, 2.75) is 18.9 Å². The van der Waals surface area contributed by atoms with E-state index in [-0.39, 0.29) is 18.0 Å². The highest BCUT2D eigenvalue weighted by molar-refractivity contribution is 5.93. The molecule has 34 heavy (non-hydrogen) atoms. The molecule has 2 heterocycles. The smallest absolute Gasteiger partial charge is 0.319 e. The summed E-state index contributed by atoms with van der Waals surface area (Å²) in [6, 6.07) is 14.7. The number of aromatic nitrogens is 1. The number of hydrogen-bond donors (Lipinski definition) is 2. The highest BCUT2D eigenvalue weighted by Gasteiger charge is 2.35. The van der Waals surface area contributed by atoms with Crippen LogP contribution < -0.4 is 10.6 Å². The Hall–Kier alpha value is -3.36. The average Bonchev–Trinajstić information content (AvgIpc) is 3.22. The second-order valence-corrected chi connectivity index (χ2v) is 8.51. The van der Waals surface area contributed by atoms with E-state index < -0.39 is 11.6 Å². The van der Waals surface area contributed by atoms with E-state index in [1.165, 1.54) is 6.07 Å². The summed E-state index contributed by atoms with van der Waals surface area (Å²) >= 11 is 0. The van der Waals surface area contributed by atoms with Crippen molar-refractivity contribution in [1.82, 2.24) is 15.2 Å². The number of halogens is 2. The molecule has 1 aliphatic rings. The van der Waals surface area contributed by atoms with Crippen LogP contribution in [0.2, 0.25) is 0 Å². The summed E-state index contributed by atoms with van der Waals surface area (Å²) in [5.74, 6) is -1.98. The van der Waals surface area contributed by atoms with Crippen LogP contribution in [-0.2, 0) is 4.74 Å². The Kier molecular flexibility index (Phi) is 7.49. The summed E-state index contributed by atoms with van der Waals surface area (Å²) in [4.78, 5) is 19.7. The van der Waals surface area contributed by atoms with Crippen LogP contribution in [0.3, 0.4) is 0 Å². The van der Waals surface area contributed by atoms with E-state index in [4.69, 9.17) is 4.74 Å². The van der Waals surface area contributed by atoms with Gasteiger partial charge in [0.1, 0.15) is 0 Å². The molecule has 1 fully saturated rings. The van der Waals surface area contributed by atoms with Crippen molar-refractivity contribution in [2.75, 3.05) is 38.7 Å². The van der Waals surface area contributed by atoms with Gasteiger partial charge in [0.05, 0.1) is 24.0 Å². The zero-order valence-corrected chi connectivity index (χ0v) is 19.2. The molecule has 1 saturated heterocycles. The number of aryl methyl sites for hydroxylation is 1. The number of carbonyl (C=O) groups excluding carboxylic acids is 1.